The summed E-state index contributed by atoms with van der Waals surface area (Å²) in [7, 11) is -1.67. The molecule has 0 aromatic heterocycles. The fraction of sp³-hybridized carbons (Fsp3) is 1.00. The summed E-state index contributed by atoms with van der Waals surface area (Å²) < 4.78 is 9.89. The average Bonchev–Trinajstić information content (AvgIpc) is 1.59. The highest BCUT2D eigenvalue weighted by Gasteiger charge is 2.17. The summed E-state index contributed by atoms with van der Waals surface area (Å²) in [5.74, 6) is 0. The summed E-state index contributed by atoms with van der Waals surface area (Å²) in [6.45, 7) is 7.92. The maximum Gasteiger partial charge on any atom is 0.330 e. The van der Waals surface area contributed by atoms with Gasteiger partial charge in [0, 0.05) is 0 Å². The second-order valence-electron chi connectivity index (χ2n) is 2.86. The monoisotopic (exact) mass is 166 g/mol. The molecule has 1 N–H and O–H groups in total. The third kappa shape index (κ3) is 6.43. The molecular formula is C6H15O3P. The van der Waals surface area contributed by atoms with Gasteiger partial charge in [0.2, 0.25) is 0 Å². The van der Waals surface area contributed by atoms with Crippen LogP contribution in [0, 0.1) is 0 Å². The third-order valence-corrected chi connectivity index (χ3v) is 1.77. The lowest BCUT2D eigenvalue weighted by Crippen LogP contribution is -2.16. The van der Waals surface area contributed by atoms with Crippen LogP contribution in [0.25, 0.3) is 0 Å². The van der Waals surface area contributed by atoms with Crippen molar-refractivity contribution < 1.29 is 13.9 Å². The first-order valence-electron chi connectivity index (χ1n) is 3.27. The highest BCUT2D eigenvalue weighted by atomic mass is 31.2. The first-order chi connectivity index (χ1) is 4.45. The molecule has 0 heterocycles. The van der Waals surface area contributed by atoms with E-state index in [0.29, 0.717) is 6.61 Å². The minimum atomic E-state index is -1.67. The first kappa shape index (κ1) is 10.3. The van der Waals surface area contributed by atoms with Crippen LogP contribution < -0.4 is 0 Å². The number of hydrogen-bond donors (Lipinski definition) is 1. The van der Waals surface area contributed by atoms with Crippen molar-refractivity contribution in [3.63, 3.8) is 0 Å². The Balaban J connectivity index is 3.47. The Morgan fingerprint density at radius 2 is 1.90 bits per heavy atom. The molecule has 3 nitrogen and oxygen atoms in total. The first-order valence-corrected chi connectivity index (χ1v) is 4.40. The molecule has 0 aliphatic carbocycles. The zero-order chi connectivity index (χ0) is 8.20. The van der Waals surface area contributed by atoms with Gasteiger partial charge in [-0.15, -0.1) is 0 Å². The molecule has 62 valence electrons. The summed E-state index contributed by atoms with van der Waals surface area (Å²) >= 11 is 0. The normalized spacial score (nSPS) is 15.3. The molecule has 0 rings (SSSR count). The number of hydrogen-bond acceptors (Lipinski definition) is 3. The van der Waals surface area contributed by atoms with E-state index in [2.05, 4.69) is 0 Å². The second kappa shape index (κ2) is 4.24. The van der Waals surface area contributed by atoms with Gasteiger partial charge in [0.1, 0.15) is 0 Å². The maximum absolute atomic E-state index is 9.01. The quantitative estimate of drug-likeness (QED) is 0.652. The molecule has 0 spiro atoms. The summed E-state index contributed by atoms with van der Waals surface area (Å²) in [4.78, 5) is 9.01. The van der Waals surface area contributed by atoms with E-state index in [0.717, 1.165) is 0 Å². The van der Waals surface area contributed by atoms with E-state index in [4.69, 9.17) is 13.9 Å². The van der Waals surface area contributed by atoms with Crippen LogP contribution in [0.15, 0.2) is 0 Å². The van der Waals surface area contributed by atoms with Crippen molar-refractivity contribution in [1.82, 2.24) is 0 Å². The van der Waals surface area contributed by atoms with Crippen molar-refractivity contribution in [3.8, 4) is 0 Å². The predicted molar refractivity (Wildman–Crippen MR) is 41.6 cm³/mol. The van der Waals surface area contributed by atoms with Crippen molar-refractivity contribution >= 4 is 8.60 Å². The van der Waals surface area contributed by atoms with Crippen molar-refractivity contribution in [1.29, 1.82) is 0 Å². The van der Waals surface area contributed by atoms with E-state index in [9.17, 15) is 0 Å². The molecule has 0 saturated carbocycles. The van der Waals surface area contributed by atoms with E-state index in [1.54, 1.807) is 0 Å². The smallest absolute Gasteiger partial charge is 0.328 e. The van der Waals surface area contributed by atoms with E-state index in [1.807, 2.05) is 27.7 Å². The fourth-order valence-corrected chi connectivity index (χ4v) is 1.11. The van der Waals surface area contributed by atoms with Crippen molar-refractivity contribution in [2.45, 2.75) is 33.3 Å². The molecule has 0 aromatic carbocycles. The Bertz CT molecular complexity index is 89.5. The van der Waals surface area contributed by atoms with Crippen molar-refractivity contribution in [2.24, 2.45) is 0 Å². The lowest BCUT2D eigenvalue weighted by Gasteiger charge is -2.21. The van der Waals surface area contributed by atoms with Crippen LogP contribution in [0.3, 0.4) is 0 Å². The van der Waals surface area contributed by atoms with Gasteiger partial charge >= 0.3 is 8.60 Å². The van der Waals surface area contributed by atoms with E-state index < -0.39 is 8.60 Å². The largest absolute Gasteiger partial charge is 0.330 e. The van der Waals surface area contributed by atoms with Crippen LogP contribution in [0.5, 0.6) is 0 Å². The molecule has 10 heavy (non-hydrogen) atoms. The van der Waals surface area contributed by atoms with Crippen LogP contribution in [-0.4, -0.2) is 17.1 Å². The van der Waals surface area contributed by atoms with Gasteiger partial charge in [0.25, 0.3) is 0 Å². The maximum atomic E-state index is 9.01. The van der Waals surface area contributed by atoms with Crippen LogP contribution in [0.4, 0.5) is 0 Å². The summed E-state index contributed by atoms with van der Waals surface area (Å²) in [5.41, 5.74) is -0.324. The summed E-state index contributed by atoms with van der Waals surface area (Å²) in [6.07, 6.45) is 0. The van der Waals surface area contributed by atoms with Gasteiger partial charge in [0.05, 0.1) is 12.2 Å². The van der Waals surface area contributed by atoms with Gasteiger partial charge in [-0.05, 0) is 27.7 Å². The molecule has 0 amide bonds. The highest BCUT2D eigenvalue weighted by molar-refractivity contribution is 7.40. The molecule has 0 aromatic rings. The van der Waals surface area contributed by atoms with Crippen LogP contribution in [0.2, 0.25) is 0 Å². The van der Waals surface area contributed by atoms with Gasteiger partial charge < -0.3 is 13.9 Å². The number of rotatable bonds is 3. The van der Waals surface area contributed by atoms with Gasteiger partial charge in [-0.1, -0.05) is 0 Å². The fourth-order valence-electron chi connectivity index (χ4n) is 0.371. The standard InChI is InChI=1S/C6H15O3P/c1-5-8-10(7)9-6(2,3)4/h7H,5H2,1-4H3. The van der Waals surface area contributed by atoms with Crippen LogP contribution in [-0.2, 0) is 9.05 Å². The van der Waals surface area contributed by atoms with E-state index in [1.165, 1.54) is 0 Å². The molecule has 1 unspecified atom stereocenters. The SMILES string of the molecule is CCOP(O)OC(C)(C)C. The molecule has 0 fully saturated rings. The van der Waals surface area contributed by atoms with Gasteiger partial charge in [-0.3, -0.25) is 0 Å². The lowest BCUT2D eigenvalue weighted by molar-refractivity contribution is 0.0943. The van der Waals surface area contributed by atoms with Crippen molar-refractivity contribution in [2.75, 3.05) is 6.61 Å². The minimum absolute atomic E-state index is 0.324. The zero-order valence-electron chi connectivity index (χ0n) is 6.92. The van der Waals surface area contributed by atoms with Gasteiger partial charge in [0.15, 0.2) is 0 Å². The predicted octanol–water partition coefficient (Wildman–Crippen LogP) is 2.06. The van der Waals surface area contributed by atoms with Crippen LogP contribution in [0.1, 0.15) is 27.7 Å². The minimum Gasteiger partial charge on any atom is -0.328 e. The Morgan fingerprint density at radius 1 is 1.40 bits per heavy atom. The molecule has 0 radical (unpaired) electrons. The molecule has 0 aliphatic heterocycles. The Morgan fingerprint density at radius 3 is 2.20 bits per heavy atom. The Hall–Kier alpha value is 0.310. The zero-order valence-corrected chi connectivity index (χ0v) is 7.81. The van der Waals surface area contributed by atoms with Crippen LogP contribution >= 0.6 is 8.60 Å². The molecule has 4 heteroatoms. The molecular weight excluding hydrogens is 151 g/mol. The second-order valence-corrected chi connectivity index (χ2v) is 3.78. The van der Waals surface area contributed by atoms with Gasteiger partial charge in [-0.2, -0.15) is 0 Å². The lowest BCUT2D eigenvalue weighted by atomic mass is 10.2. The topological polar surface area (TPSA) is 38.7 Å². The Labute approximate surface area is 63.3 Å². The van der Waals surface area contributed by atoms with E-state index in [-0.39, 0.29) is 5.60 Å². The molecule has 0 aliphatic rings. The van der Waals surface area contributed by atoms with Gasteiger partial charge in [-0.25, -0.2) is 0 Å². The Kier molecular flexibility index (Phi) is 4.37. The highest BCUT2D eigenvalue weighted by Crippen LogP contribution is 2.37. The van der Waals surface area contributed by atoms with E-state index >= 15 is 0 Å². The molecule has 0 saturated heterocycles. The average molecular weight is 166 g/mol. The third-order valence-electron chi connectivity index (χ3n) is 0.591. The summed E-state index contributed by atoms with van der Waals surface area (Å²) in [6, 6.07) is 0. The molecule has 0 bridgehead atoms. The summed E-state index contributed by atoms with van der Waals surface area (Å²) in [5, 5.41) is 0. The van der Waals surface area contributed by atoms with Crippen molar-refractivity contribution in [3.05, 3.63) is 0 Å². The molecule has 1 atom stereocenters.